The van der Waals surface area contributed by atoms with E-state index in [0.717, 1.165) is 25.7 Å². The van der Waals surface area contributed by atoms with Gasteiger partial charge in [0.2, 0.25) is 5.89 Å². The van der Waals surface area contributed by atoms with Crippen LogP contribution in [0.4, 0.5) is 4.79 Å². The van der Waals surface area contributed by atoms with Crippen LogP contribution in [0.25, 0.3) is 0 Å². The van der Waals surface area contributed by atoms with Gasteiger partial charge in [-0.1, -0.05) is 18.0 Å². The number of aliphatic carboxylic acids is 1. The summed E-state index contributed by atoms with van der Waals surface area (Å²) in [6, 6.07) is -0.411. The average molecular weight is 282 g/mol. The van der Waals surface area contributed by atoms with Crippen molar-refractivity contribution in [3.63, 3.8) is 0 Å². The third-order valence-electron chi connectivity index (χ3n) is 3.29. The predicted octanol–water partition coefficient (Wildman–Crippen LogP) is 0.917. The lowest BCUT2D eigenvalue weighted by molar-refractivity contribution is -0.138. The van der Waals surface area contributed by atoms with Crippen molar-refractivity contribution in [1.82, 2.24) is 20.4 Å². The first kappa shape index (κ1) is 14.3. The number of aromatic nitrogens is 2. The van der Waals surface area contributed by atoms with Crippen LogP contribution in [-0.2, 0) is 11.3 Å². The number of hydrogen-bond acceptors (Lipinski definition) is 5. The zero-order valence-corrected chi connectivity index (χ0v) is 11.3. The standard InChI is InChI=1S/C12H18N4O4/c1-8-14-10(20-15-8)6-13-12(19)16(7-11(17)18)9-4-2-3-5-9/h9H,2-7H2,1H3,(H,13,19)(H,17,18). The summed E-state index contributed by atoms with van der Waals surface area (Å²) in [5.74, 6) is -0.217. The molecule has 110 valence electrons. The van der Waals surface area contributed by atoms with Gasteiger partial charge in [0.05, 0.1) is 6.54 Å². The number of nitrogens with one attached hydrogen (secondary N) is 1. The largest absolute Gasteiger partial charge is 0.480 e. The number of carboxylic acid groups (broad SMARTS) is 1. The molecule has 0 saturated heterocycles. The average Bonchev–Trinajstić information content (AvgIpc) is 3.04. The third-order valence-corrected chi connectivity index (χ3v) is 3.29. The molecule has 0 aliphatic heterocycles. The number of amides is 2. The van der Waals surface area contributed by atoms with Crippen molar-refractivity contribution >= 4 is 12.0 Å². The topological polar surface area (TPSA) is 109 Å². The molecule has 1 aliphatic carbocycles. The molecule has 1 fully saturated rings. The van der Waals surface area contributed by atoms with E-state index in [0.29, 0.717) is 11.7 Å². The monoisotopic (exact) mass is 282 g/mol. The fourth-order valence-corrected chi connectivity index (χ4v) is 2.39. The zero-order chi connectivity index (χ0) is 14.5. The highest BCUT2D eigenvalue weighted by molar-refractivity contribution is 5.80. The van der Waals surface area contributed by atoms with Gasteiger partial charge in [-0.25, -0.2) is 4.79 Å². The summed E-state index contributed by atoms with van der Waals surface area (Å²) in [7, 11) is 0. The molecule has 2 rings (SSSR count). The Morgan fingerprint density at radius 2 is 2.15 bits per heavy atom. The summed E-state index contributed by atoms with van der Waals surface area (Å²) >= 11 is 0. The molecule has 2 N–H and O–H groups in total. The van der Waals surface area contributed by atoms with Gasteiger partial charge < -0.3 is 19.8 Å². The number of rotatable bonds is 5. The van der Waals surface area contributed by atoms with E-state index >= 15 is 0 Å². The normalized spacial score (nSPS) is 15.2. The molecule has 0 spiro atoms. The van der Waals surface area contributed by atoms with Crippen molar-refractivity contribution < 1.29 is 19.2 Å². The minimum atomic E-state index is -1.01. The van der Waals surface area contributed by atoms with E-state index in [1.807, 2.05) is 0 Å². The number of urea groups is 1. The van der Waals surface area contributed by atoms with E-state index < -0.39 is 12.0 Å². The minimum Gasteiger partial charge on any atom is -0.480 e. The van der Waals surface area contributed by atoms with E-state index in [-0.39, 0.29) is 19.1 Å². The van der Waals surface area contributed by atoms with Crippen LogP contribution < -0.4 is 5.32 Å². The Morgan fingerprint density at radius 1 is 1.45 bits per heavy atom. The fourth-order valence-electron chi connectivity index (χ4n) is 2.39. The van der Waals surface area contributed by atoms with Crippen molar-refractivity contribution in [1.29, 1.82) is 0 Å². The molecule has 0 unspecified atom stereocenters. The van der Waals surface area contributed by atoms with E-state index in [2.05, 4.69) is 15.5 Å². The predicted molar refractivity (Wildman–Crippen MR) is 67.9 cm³/mol. The highest BCUT2D eigenvalue weighted by atomic mass is 16.5. The second-order valence-electron chi connectivity index (χ2n) is 4.85. The van der Waals surface area contributed by atoms with Crippen LogP contribution >= 0.6 is 0 Å². The Labute approximate surface area is 116 Å². The van der Waals surface area contributed by atoms with Gasteiger partial charge in [-0.3, -0.25) is 4.79 Å². The first-order valence-electron chi connectivity index (χ1n) is 6.61. The van der Waals surface area contributed by atoms with Gasteiger partial charge in [0.15, 0.2) is 5.82 Å². The molecule has 1 aromatic heterocycles. The van der Waals surface area contributed by atoms with Crippen LogP contribution in [0.1, 0.15) is 37.4 Å². The SMILES string of the molecule is Cc1noc(CNC(=O)N(CC(=O)O)C2CCCC2)n1. The van der Waals surface area contributed by atoms with Crippen molar-refractivity contribution in [3.8, 4) is 0 Å². The number of carboxylic acids is 1. The summed E-state index contributed by atoms with van der Waals surface area (Å²) in [5, 5.41) is 15.2. The summed E-state index contributed by atoms with van der Waals surface area (Å²) in [6.07, 6.45) is 3.74. The molecule has 8 heteroatoms. The Morgan fingerprint density at radius 3 is 2.70 bits per heavy atom. The quantitative estimate of drug-likeness (QED) is 0.831. The fraction of sp³-hybridized carbons (Fsp3) is 0.667. The van der Waals surface area contributed by atoms with Crippen molar-refractivity contribution in [3.05, 3.63) is 11.7 Å². The number of carbonyl (C=O) groups excluding carboxylic acids is 1. The van der Waals surface area contributed by atoms with E-state index in [1.165, 1.54) is 4.90 Å². The Balaban J connectivity index is 1.93. The van der Waals surface area contributed by atoms with Gasteiger partial charge in [0.1, 0.15) is 6.54 Å². The molecule has 1 heterocycles. The molecule has 8 nitrogen and oxygen atoms in total. The molecule has 2 amide bonds. The number of hydrogen-bond donors (Lipinski definition) is 2. The van der Waals surface area contributed by atoms with Crippen LogP contribution in [0.15, 0.2) is 4.52 Å². The first-order chi connectivity index (χ1) is 9.56. The molecule has 0 bridgehead atoms. The summed E-state index contributed by atoms with van der Waals surface area (Å²) in [6.45, 7) is 1.49. The Bertz CT molecular complexity index is 482. The van der Waals surface area contributed by atoms with Crippen molar-refractivity contribution in [2.24, 2.45) is 0 Å². The van der Waals surface area contributed by atoms with Gasteiger partial charge in [-0.2, -0.15) is 4.98 Å². The molecule has 1 aliphatic rings. The number of carbonyl (C=O) groups is 2. The molecule has 1 aromatic rings. The molecular formula is C12H18N4O4. The Hall–Kier alpha value is -2.12. The van der Waals surface area contributed by atoms with Crippen molar-refractivity contribution in [2.75, 3.05) is 6.54 Å². The maximum Gasteiger partial charge on any atom is 0.323 e. The van der Waals surface area contributed by atoms with Gasteiger partial charge >= 0.3 is 12.0 Å². The first-order valence-corrected chi connectivity index (χ1v) is 6.61. The van der Waals surface area contributed by atoms with Gasteiger partial charge in [-0.05, 0) is 19.8 Å². The van der Waals surface area contributed by atoms with E-state index in [9.17, 15) is 9.59 Å². The lowest BCUT2D eigenvalue weighted by Gasteiger charge is -2.27. The summed E-state index contributed by atoms with van der Waals surface area (Å²) < 4.78 is 4.89. The van der Waals surface area contributed by atoms with Crippen LogP contribution in [0.3, 0.4) is 0 Å². The highest BCUT2D eigenvalue weighted by Gasteiger charge is 2.28. The molecule has 0 aromatic carbocycles. The lowest BCUT2D eigenvalue weighted by Crippen LogP contribution is -2.47. The van der Waals surface area contributed by atoms with Gasteiger partial charge in [0, 0.05) is 6.04 Å². The number of nitrogens with zero attached hydrogens (tertiary/aromatic N) is 3. The van der Waals surface area contributed by atoms with E-state index in [4.69, 9.17) is 9.63 Å². The summed E-state index contributed by atoms with van der Waals surface area (Å²) in [5.41, 5.74) is 0. The highest BCUT2D eigenvalue weighted by Crippen LogP contribution is 2.23. The summed E-state index contributed by atoms with van der Waals surface area (Å²) in [4.78, 5) is 28.3. The van der Waals surface area contributed by atoms with Gasteiger partial charge in [0.25, 0.3) is 0 Å². The van der Waals surface area contributed by atoms with Crippen LogP contribution in [0, 0.1) is 6.92 Å². The third kappa shape index (κ3) is 3.69. The van der Waals surface area contributed by atoms with Crippen LogP contribution in [0.2, 0.25) is 0 Å². The Kier molecular flexibility index (Phi) is 4.54. The molecule has 0 atom stereocenters. The maximum atomic E-state index is 12.1. The second kappa shape index (κ2) is 6.36. The molecule has 20 heavy (non-hydrogen) atoms. The van der Waals surface area contributed by atoms with Crippen LogP contribution in [-0.4, -0.2) is 44.7 Å². The van der Waals surface area contributed by atoms with E-state index in [1.54, 1.807) is 6.92 Å². The van der Waals surface area contributed by atoms with Gasteiger partial charge in [-0.15, -0.1) is 0 Å². The minimum absolute atomic E-state index is 0.00415. The second-order valence-corrected chi connectivity index (χ2v) is 4.85. The molecular weight excluding hydrogens is 264 g/mol. The lowest BCUT2D eigenvalue weighted by atomic mass is 10.2. The molecule has 0 radical (unpaired) electrons. The number of aryl methyl sites for hydroxylation is 1. The zero-order valence-electron chi connectivity index (χ0n) is 11.3. The van der Waals surface area contributed by atoms with Crippen molar-refractivity contribution in [2.45, 2.75) is 45.2 Å². The van der Waals surface area contributed by atoms with Crippen LogP contribution in [0.5, 0.6) is 0 Å². The molecule has 1 saturated carbocycles. The smallest absolute Gasteiger partial charge is 0.323 e. The maximum absolute atomic E-state index is 12.1.